The van der Waals surface area contributed by atoms with Crippen LogP contribution in [0.1, 0.15) is 42.4 Å². The van der Waals surface area contributed by atoms with E-state index in [1.54, 1.807) is 12.4 Å². The largest absolute Gasteiger partial charge is 0.392 e. The van der Waals surface area contributed by atoms with Gasteiger partial charge in [0.2, 0.25) is 0 Å². The number of piperidine rings is 1. The van der Waals surface area contributed by atoms with Gasteiger partial charge in [-0.3, -0.25) is 4.79 Å². The summed E-state index contributed by atoms with van der Waals surface area (Å²) in [5, 5.41) is 12.5. The van der Waals surface area contributed by atoms with E-state index in [0.29, 0.717) is 12.1 Å². The molecule has 0 aromatic carbocycles. The fourth-order valence-electron chi connectivity index (χ4n) is 2.50. The summed E-state index contributed by atoms with van der Waals surface area (Å²) in [5.41, 5.74) is 0.501. The second-order valence-electron chi connectivity index (χ2n) is 5.45. The van der Waals surface area contributed by atoms with Gasteiger partial charge in [-0.2, -0.15) is 0 Å². The van der Waals surface area contributed by atoms with Crippen molar-refractivity contribution >= 4 is 5.91 Å². The maximum atomic E-state index is 11.9. The van der Waals surface area contributed by atoms with E-state index in [-0.39, 0.29) is 12.0 Å². The Morgan fingerprint density at radius 3 is 2.90 bits per heavy atom. The molecule has 1 atom stereocenters. The minimum absolute atomic E-state index is 0.128. The molecule has 0 bridgehead atoms. The van der Waals surface area contributed by atoms with Crippen LogP contribution in [0.2, 0.25) is 0 Å². The Kier molecular flexibility index (Phi) is 6.07. The van der Waals surface area contributed by atoms with Crippen LogP contribution < -0.4 is 5.32 Å². The van der Waals surface area contributed by atoms with Crippen molar-refractivity contribution in [3.05, 3.63) is 23.8 Å². The first kappa shape index (κ1) is 15.9. The van der Waals surface area contributed by atoms with Crippen molar-refractivity contribution in [1.82, 2.24) is 20.2 Å². The van der Waals surface area contributed by atoms with Gasteiger partial charge in [-0.25, -0.2) is 9.97 Å². The van der Waals surface area contributed by atoms with Crippen LogP contribution in [0.5, 0.6) is 0 Å². The Balaban J connectivity index is 1.66. The van der Waals surface area contributed by atoms with E-state index < -0.39 is 0 Å². The zero-order chi connectivity index (χ0) is 15.1. The summed E-state index contributed by atoms with van der Waals surface area (Å²) in [7, 11) is 0. The Labute approximate surface area is 125 Å². The van der Waals surface area contributed by atoms with E-state index in [4.69, 9.17) is 0 Å². The molecule has 1 amide bonds. The highest BCUT2D eigenvalue weighted by atomic mass is 16.3. The molecule has 0 radical (unpaired) electrons. The van der Waals surface area contributed by atoms with E-state index in [1.807, 2.05) is 6.92 Å². The predicted molar refractivity (Wildman–Crippen MR) is 80.0 cm³/mol. The molecule has 1 aliphatic rings. The summed E-state index contributed by atoms with van der Waals surface area (Å²) in [5.74, 6) is 0.617. The molecule has 1 aliphatic heterocycles. The second kappa shape index (κ2) is 8.05. The SMILES string of the molecule is CCc1ncc(C(=O)NCCCN2CCC[C@@H](O)C2)cn1. The van der Waals surface area contributed by atoms with Gasteiger partial charge < -0.3 is 15.3 Å². The van der Waals surface area contributed by atoms with E-state index >= 15 is 0 Å². The highest BCUT2D eigenvalue weighted by molar-refractivity contribution is 5.93. The molecule has 2 N–H and O–H groups in total. The second-order valence-corrected chi connectivity index (χ2v) is 5.45. The summed E-state index contributed by atoms with van der Waals surface area (Å²) in [6.07, 6.45) is 6.55. The third kappa shape index (κ3) is 5.06. The van der Waals surface area contributed by atoms with Crippen LogP contribution in [0.15, 0.2) is 12.4 Å². The van der Waals surface area contributed by atoms with Gasteiger partial charge in [0.25, 0.3) is 5.91 Å². The van der Waals surface area contributed by atoms with Crippen LogP contribution in [-0.4, -0.2) is 58.2 Å². The van der Waals surface area contributed by atoms with Crippen LogP contribution in [0.4, 0.5) is 0 Å². The lowest BCUT2D eigenvalue weighted by molar-refractivity contribution is 0.0697. The number of β-amino-alcohol motifs (C(OH)–C–C–N with tert-alkyl or cyclic N) is 1. The van der Waals surface area contributed by atoms with Crippen molar-refractivity contribution in [2.75, 3.05) is 26.2 Å². The number of rotatable bonds is 6. The minimum atomic E-state index is -0.192. The molecule has 0 aliphatic carbocycles. The number of aromatic nitrogens is 2. The Bertz CT molecular complexity index is 449. The maximum Gasteiger partial charge on any atom is 0.254 e. The molecule has 0 saturated carbocycles. The molecule has 2 heterocycles. The molecule has 6 nitrogen and oxygen atoms in total. The number of nitrogens with one attached hydrogen (secondary N) is 1. The highest BCUT2D eigenvalue weighted by Crippen LogP contribution is 2.09. The minimum Gasteiger partial charge on any atom is -0.392 e. The molecule has 6 heteroatoms. The summed E-state index contributed by atoms with van der Waals surface area (Å²) in [6, 6.07) is 0. The van der Waals surface area contributed by atoms with Gasteiger partial charge in [-0.15, -0.1) is 0 Å². The fraction of sp³-hybridized carbons (Fsp3) is 0.667. The van der Waals surface area contributed by atoms with Gasteiger partial charge in [0.1, 0.15) is 5.82 Å². The van der Waals surface area contributed by atoms with Crippen molar-refractivity contribution in [3.8, 4) is 0 Å². The number of amides is 1. The molecule has 2 rings (SSSR count). The van der Waals surface area contributed by atoms with E-state index in [1.165, 1.54) is 0 Å². The van der Waals surface area contributed by atoms with Gasteiger partial charge in [-0.05, 0) is 32.4 Å². The lowest BCUT2D eigenvalue weighted by Gasteiger charge is -2.29. The van der Waals surface area contributed by atoms with Crippen LogP contribution in [-0.2, 0) is 6.42 Å². The number of carbonyl (C=O) groups excluding carboxylic acids is 1. The van der Waals surface area contributed by atoms with E-state index in [2.05, 4.69) is 20.2 Å². The summed E-state index contributed by atoms with van der Waals surface area (Å²) in [6.45, 7) is 5.30. The molecular weight excluding hydrogens is 268 g/mol. The summed E-state index contributed by atoms with van der Waals surface area (Å²) < 4.78 is 0. The Morgan fingerprint density at radius 1 is 1.48 bits per heavy atom. The van der Waals surface area contributed by atoms with Gasteiger partial charge in [-0.1, -0.05) is 6.92 Å². The van der Waals surface area contributed by atoms with Gasteiger partial charge >= 0.3 is 0 Å². The molecule has 21 heavy (non-hydrogen) atoms. The number of aliphatic hydroxyl groups excluding tert-OH is 1. The smallest absolute Gasteiger partial charge is 0.254 e. The number of hydrogen-bond donors (Lipinski definition) is 2. The molecule has 1 aromatic heterocycles. The van der Waals surface area contributed by atoms with Crippen LogP contribution in [0, 0.1) is 0 Å². The van der Waals surface area contributed by atoms with Gasteiger partial charge in [0, 0.05) is 31.9 Å². The third-order valence-corrected chi connectivity index (χ3v) is 3.70. The number of nitrogens with zero attached hydrogens (tertiary/aromatic N) is 3. The van der Waals surface area contributed by atoms with Gasteiger partial charge in [0.15, 0.2) is 0 Å². The average Bonchev–Trinajstić information content (AvgIpc) is 2.51. The van der Waals surface area contributed by atoms with E-state index in [9.17, 15) is 9.90 Å². The average molecular weight is 292 g/mol. The quantitative estimate of drug-likeness (QED) is 0.751. The van der Waals surface area contributed by atoms with Gasteiger partial charge in [0.05, 0.1) is 11.7 Å². The first-order chi connectivity index (χ1) is 10.2. The van der Waals surface area contributed by atoms with Crippen molar-refractivity contribution < 1.29 is 9.90 Å². The first-order valence-corrected chi connectivity index (χ1v) is 7.68. The highest BCUT2D eigenvalue weighted by Gasteiger charge is 2.16. The first-order valence-electron chi connectivity index (χ1n) is 7.68. The van der Waals surface area contributed by atoms with E-state index in [0.717, 1.165) is 51.1 Å². The molecule has 1 saturated heterocycles. The lowest BCUT2D eigenvalue weighted by Crippen LogP contribution is -2.39. The topological polar surface area (TPSA) is 78.4 Å². The number of aliphatic hydroxyl groups is 1. The Hall–Kier alpha value is -1.53. The number of carbonyl (C=O) groups is 1. The zero-order valence-electron chi connectivity index (χ0n) is 12.6. The van der Waals surface area contributed by atoms with Crippen LogP contribution in [0.25, 0.3) is 0 Å². The van der Waals surface area contributed by atoms with Crippen molar-refractivity contribution in [3.63, 3.8) is 0 Å². The van der Waals surface area contributed by atoms with Crippen molar-refractivity contribution in [2.24, 2.45) is 0 Å². The monoisotopic (exact) mass is 292 g/mol. The molecule has 1 fully saturated rings. The number of likely N-dealkylation sites (tertiary alicyclic amines) is 1. The number of aryl methyl sites for hydroxylation is 1. The zero-order valence-corrected chi connectivity index (χ0v) is 12.6. The van der Waals surface area contributed by atoms with Crippen LogP contribution in [0.3, 0.4) is 0 Å². The standard InChI is InChI=1S/C15H24N4O2/c1-2-14-17-9-12(10-18-14)15(21)16-6-4-8-19-7-3-5-13(20)11-19/h9-10,13,20H,2-8,11H2,1H3,(H,16,21)/t13-/m1/s1. The molecule has 116 valence electrons. The van der Waals surface area contributed by atoms with Crippen LogP contribution >= 0.6 is 0 Å². The number of hydrogen-bond acceptors (Lipinski definition) is 5. The molecule has 1 aromatic rings. The third-order valence-electron chi connectivity index (χ3n) is 3.70. The van der Waals surface area contributed by atoms with Crippen molar-refractivity contribution in [2.45, 2.75) is 38.7 Å². The fourth-order valence-corrected chi connectivity index (χ4v) is 2.50. The Morgan fingerprint density at radius 2 is 2.24 bits per heavy atom. The molecule has 0 unspecified atom stereocenters. The summed E-state index contributed by atoms with van der Waals surface area (Å²) >= 11 is 0. The molecular formula is C15H24N4O2. The predicted octanol–water partition coefficient (Wildman–Crippen LogP) is 0.616. The van der Waals surface area contributed by atoms with Crippen molar-refractivity contribution in [1.29, 1.82) is 0 Å². The lowest BCUT2D eigenvalue weighted by atomic mass is 10.1. The molecule has 0 spiro atoms. The summed E-state index contributed by atoms with van der Waals surface area (Å²) in [4.78, 5) is 22.4. The normalized spacial score (nSPS) is 19.4. The maximum absolute atomic E-state index is 11.9.